The third-order valence-corrected chi connectivity index (χ3v) is 2.55. The normalized spacial score (nSPS) is 19.1. The van der Waals surface area contributed by atoms with E-state index in [4.69, 9.17) is 4.74 Å². The second kappa shape index (κ2) is 2.93. The lowest BCUT2D eigenvalue weighted by molar-refractivity contribution is -0.151. The van der Waals surface area contributed by atoms with E-state index in [2.05, 4.69) is 15.9 Å². The zero-order valence-electron chi connectivity index (χ0n) is 6.22. The zero-order chi connectivity index (χ0) is 8.48. The number of rotatable bonds is 3. The smallest absolute Gasteiger partial charge is 0.320 e. The molecular weight excluding hydrogens is 212 g/mol. The third kappa shape index (κ3) is 1.45. The van der Waals surface area contributed by atoms with Gasteiger partial charge in [0.05, 0.1) is 6.61 Å². The van der Waals surface area contributed by atoms with E-state index in [0.29, 0.717) is 19.4 Å². The molecule has 3 nitrogen and oxygen atoms in total. The van der Waals surface area contributed by atoms with Gasteiger partial charge in [0.15, 0.2) is 0 Å². The highest BCUT2D eigenvalue weighted by atomic mass is 79.9. The third-order valence-electron chi connectivity index (χ3n) is 1.79. The van der Waals surface area contributed by atoms with E-state index in [1.54, 1.807) is 6.92 Å². The van der Waals surface area contributed by atoms with E-state index in [1.165, 1.54) is 0 Å². The van der Waals surface area contributed by atoms with Gasteiger partial charge >= 0.3 is 5.97 Å². The Hall–Kier alpha value is -0.380. The fraction of sp³-hybridized carbons (Fsp3) is 0.714. The van der Waals surface area contributed by atoms with Crippen molar-refractivity contribution in [2.24, 2.45) is 5.41 Å². The molecule has 62 valence electrons. The van der Waals surface area contributed by atoms with E-state index < -0.39 is 5.41 Å². The Morgan fingerprint density at radius 3 is 2.36 bits per heavy atom. The van der Waals surface area contributed by atoms with Gasteiger partial charge in [-0.2, -0.15) is 0 Å². The molecule has 0 bridgehead atoms. The summed E-state index contributed by atoms with van der Waals surface area (Å²) in [7, 11) is 0. The lowest BCUT2D eigenvalue weighted by atomic mass is 10.1. The van der Waals surface area contributed by atoms with Crippen LogP contribution >= 0.6 is 15.9 Å². The number of carbonyl (C=O) groups excluding carboxylic acids is 2. The Bertz CT molecular complexity index is 196. The standard InChI is InChI=1S/C7H9BrO3/c1-2-11-6(10)7(3-4-7)5(8)9/h2-4H2,1H3. The van der Waals surface area contributed by atoms with Gasteiger partial charge in [-0.15, -0.1) is 0 Å². The average Bonchev–Trinajstić information content (AvgIpc) is 2.66. The highest BCUT2D eigenvalue weighted by Crippen LogP contribution is 2.49. The molecule has 1 fully saturated rings. The summed E-state index contributed by atoms with van der Waals surface area (Å²) in [6.45, 7) is 2.06. The van der Waals surface area contributed by atoms with Crippen molar-refractivity contribution in [1.82, 2.24) is 0 Å². The van der Waals surface area contributed by atoms with Gasteiger partial charge in [0.2, 0.25) is 4.69 Å². The Morgan fingerprint density at radius 1 is 1.55 bits per heavy atom. The summed E-state index contributed by atoms with van der Waals surface area (Å²) in [4.78, 5) is 22.0. The van der Waals surface area contributed by atoms with Crippen LogP contribution in [0.5, 0.6) is 0 Å². The van der Waals surface area contributed by atoms with Crippen LogP contribution < -0.4 is 0 Å². The number of ether oxygens (including phenoxy) is 1. The van der Waals surface area contributed by atoms with Gasteiger partial charge in [-0.3, -0.25) is 9.59 Å². The van der Waals surface area contributed by atoms with Crippen LogP contribution in [-0.2, 0) is 14.3 Å². The van der Waals surface area contributed by atoms with Gasteiger partial charge in [0.1, 0.15) is 5.41 Å². The van der Waals surface area contributed by atoms with Gasteiger partial charge in [-0.1, -0.05) is 0 Å². The van der Waals surface area contributed by atoms with Crippen molar-refractivity contribution in [2.45, 2.75) is 19.8 Å². The fourth-order valence-electron chi connectivity index (χ4n) is 0.875. The molecule has 4 heteroatoms. The summed E-state index contributed by atoms with van der Waals surface area (Å²) in [6.07, 6.45) is 1.24. The molecular formula is C7H9BrO3. The van der Waals surface area contributed by atoms with E-state index in [1.807, 2.05) is 0 Å². The minimum Gasteiger partial charge on any atom is -0.465 e. The van der Waals surface area contributed by atoms with Crippen LogP contribution in [0.3, 0.4) is 0 Å². The lowest BCUT2D eigenvalue weighted by Crippen LogP contribution is -2.24. The second-order valence-corrected chi connectivity index (χ2v) is 3.30. The largest absolute Gasteiger partial charge is 0.465 e. The number of carbonyl (C=O) groups is 2. The first-order valence-electron chi connectivity index (χ1n) is 3.50. The highest BCUT2D eigenvalue weighted by Gasteiger charge is 2.56. The van der Waals surface area contributed by atoms with Crippen LogP contribution in [0.4, 0.5) is 0 Å². The maximum absolute atomic E-state index is 11.1. The highest BCUT2D eigenvalue weighted by molar-refractivity contribution is 9.18. The molecule has 0 aromatic rings. The minimum absolute atomic E-state index is 0.247. The van der Waals surface area contributed by atoms with E-state index in [-0.39, 0.29) is 10.7 Å². The van der Waals surface area contributed by atoms with Gasteiger partial charge in [-0.05, 0) is 35.7 Å². The van der Waals surface area contributed by atoms with Crippen molar-refractivity contribution in [3.63, 3.8) is 0 Å². The van der Waals surface area contributed by atoms with Crippen LogP contribution in [-0.4, -0.2) is 17.3 Å². The molecule has 0 spiro atoms. The summed E-state index contributed by atoms with van der Waals surface area (Å²) in [5.41, 5.74) is -0.823. The predicted molar refractivity (Wildman–Crippen MR) is 42.2 cm³/mol. The summed E-state index contributed by atoms with van der Waals surface area (Å²) in [6, 6.07) is 0. The number of hydrogen-bond acceptors (Lipinski definition) is 3. The zero-order valence-corrected chi connectivity index (χ0v) is 7.81. The van der Waals surface area contributed by atoms with E-state index in [9.17, 15) is 9.59 Å². The van der Waals surface area contributed by atoms with Crippen LogP contribution in [0.1, 0.15) is 19.8 Å². The summed E-state index contributed by atoms with van der Waals surface area (Å²) in [5.74, 6) is -0.387. The SMILES string of the molecule is CCOC(=O)C1(C(=O)Br)CC1. The Labute approximate surface area is 73.2 Å². The number of halogens is 1. The first-order valence-corrected chi connectivity index (χ1v) is 4.30. The Morgan fingerprint density at radius 2 is 2.09 bits per heavy atom. The Kier molecular flexibility index (Phi) is 2.32. The van der Waals surface area contributed by atoms with Crippen molar-refractivity contribution in [1.29, 1.82) is 0 Å². The molecule has 0 aliphatic heterocycles. The summed E-state index contributed by atoms with van der Waals surface area (Å²) >= 11 is 2.79. The van der Waals surface area contributed by atoms with Crippen molar-refractivity contribution < 1.29 is 14.3 Å². The molecule has 0 heterocycles. The van der Waals surface area contributed by atoms with E-state index >= 15 is 0 Å². The quantitative estimate of drug-likeness (QED) is 0.409. The fourth-order valence-corrected chi connectivity index (χ4v) is 1.43. The second-order valence-electron chi connectivity index (χ2n) is 2.58. The van der Waals surface area contributed by atoms with Crippen LogP contribution in [0.15, 0.2) is 0 Å². The van der Waals surface area contributed by atoms with Gasteiger partial charge in [0.25, 0.3) is 0 Å². The molecule has 11 heavy (non-hydrogen) atoms. The van der Waals surface area contributed by atoms with Gasteiger partial charge < -0.3 is 4.74 Å². The predicted octanol–water partition coefficient (Wildman–Crippen LogP) is 1.25. The molecule has 0 aromatic heterocycles. The van der Waals surface area contributed by atoms with Crippen LogP contribution in [0.2, 0.25) is 0 Å². The van der Waals surface area contributed by atoms with Crippen molar-refractivity contribution >= 4 is 26.6 Å². The van der Waals surface area contributed by atoms with Crippen LogP contribution in [0, 0.1) is 5.41 Å². The lowest BCUT2D eigenvalue weighted by Gasteiger charge is -2.07. The monoisotopic (exact) mass is 220 g/mol. The molecule has 0 atom stereocenters. The first-order chi connectivity index (χ1) is 5.13. The minimum atomic E-state index is -0.823. The number of hydrogen-bond donors (Lipinski definition) is 0. The van der Waals surface area contributed by atoms with Crippen LogP contribution in [0.25, 0.3) is 0 Å². The molecule has 1 rings (SSSR count). The maximum Gasteiger partial charge on any atom is 0.320 e. The average molecular weight is 221 g/mol. The van der Waals surface area contributed by atoms with Gasteiger partial charge in [-0.25, -0.2) is 0 Å². The Balaban J connectivity index is 2.58. The molecule has 1 aliphatic carbocycles. The molecule has 0 radical (unpaired) electrons. The number of esters is 1. The molecule has 1 saturated carbocycles. The molecule has 1 aliphatic rings. The van der Waals surface area contributed by atoms with E-state index in [0.717, 1.165) is 0 Å². The van der Waals surface area contributed by atoms with Crippen molar-refractivity contribution in [3.05, 3.63) is 0 Å². The summed E-state index contributed by atoms with van der Waals surface area (Å²) in [5, 5.41) is 0. The molecule has 0 N–H and O–H groups in total. The summed E-state index contributed by atoms with van der Waals surface area (Å²) < 4.78 is 4.49. The van der Waals surface area contributed by atoms with Gasteiger partial charge in [0, 0.05) is 0 Å². The molecule has 0 aromatic carbocycles. The molecule has 0 amide bonds. The van der Waals surface area contributed by atoms with Crippen molar-refractivity contribution in [3.8, 4) is 0 Å². The topological polar surface area (TPSA) is 43.4 Å². The molecule has 0 saturated heterocycles. The first kappa shape index (κ1) is 8.71. The van der Waals surface area contributed by atoms with Crippen molar-refractivity contribution in [2.75, 3.05) is 6.61 Å². The maximum atomic E-state index is 11.1. The molecule has 0 unspecified atom stereocenters.